The minimum Gasteiger partial charge on any atom is -0.371 e. The Hall–Kier alpha value is -1.43. The fourth-order valence-corrected chi connectivity index (χ4v) is 3.20. The summed E-state index contributed by atoms with van der Waals surface area (Å²) in [5.74, 6) is 1.26. The first-order valence-electron chi connectivity index (χ1n) is 8.54. The van der Waals surface area contributed by atoms with Crippen LogP contribution < -0.4 is 0 Å². The molecule has 24 heavy (non-hydrogen) atoms. The van der Waals surface area contributed by atoms with E-state index in [1.54, 1.807) is 0 Å². The maximum Gasteiger partial charge on any atom is 0.240 e. The van der Waals surface area contributed by atoms with Crippen LogP contribution in [0.5, 0.6) is 0 Å². The molecule has 3 rings (SSSR count). The maximum absolute atomic E-state index is 6.01. The lowest BCUT2D eigenvalue weighted by Crippen LogP contribution is -2.33. The largest absolute Gasteiger partial charge is 0.371 e. The zero-order valence-electron chi connectivity index (χ0n) is 14.2. The number of benzene rings is 1. The van der Waals surface area contributed by atoms with Crippen LogP contribution in [0, 0.1) is 0 Å². The summed E-state index contributed by atoms with van der Waals surface area (Å²) >= 11 is 6.01. The molecule has 0 aliphatic carbocycles. The lowest BCUT2D eigenvalue weighted by Gasteiger charge is -2.35. The number of hydrogen-bond donors (Lipinski definition) is 0. The Labute approximate surface area is 147 Å². The van der Waals surface area contributed by atoms with E-state index in [0.717, 1.165) is 18.0 Å². The monoisotopic (exact) mass is 349 g/mol. The van der Waals surface area contributed by atoms with E-state index in [9.17, 15) is 0 Å². The fraction of sp³-hybridized carbons (Fsp3) is 0.556. The molecule has 0 N–H and O–H groups in total. The van der Waals surface area contributed by atoms with Crippen molar-refractivity contribution in [2.45, 2.75) is 58.4 Å². The van der Waals surface area contributed by atoms with Gasteiger partial charge in [0.05, 0.1) is 12.6 Å². The summed E-state index contributed by atoms with van der Waals surface area (Å²) < 4.78 is 10.9. The third-order valence-electron chi connectivity index (χ3n) is 4.26. The van der Waals surface area contributed by atoms with E-state index in [1.165, 1.54) is 18.4 Å². The van der Waals surface area contributed by atoms with E-state index >= 15 is 0 Å². The van der Waals surface area contributed by atoms with Gasteiger partial charge in [-0.1, -0.05) is 35.3 Å². The number of piperidine rings is 1. The molecule has 0 spiro atoms. The number of halogens is 1. The van der Waals surface area contributed by atoms with Gasteiger partial charge in [-0.05, 0) is 50.9 Å². The molecular formula is C18H24ClN3O2. The fourth-order valence-electron chi connectivity index (χ4n) is 3.07. The lowest BCUT2D eigenvalue weighted by molar-refractivity contribution is 0.0601. The van der Waals surface area contributed by atoms with Gasteiger partial charge in [0.25, 0.3) is 0 Å². The van der Waals surface area contributed by atoms with Crippen molar-refractivity contribution < 1.29 is 9.26 Å². The van der Waals surface area contributed by atoms with Crippen molar-refractivity contribution in [2.75, 3.05) is 6.54 Å². The second-order valence-electron chi connectivity index (χ2n) is 6.50. The number of aromatic nitrogens is 2. The normalized spacial score (nSPS) is 19.1. The van der Waals surface area contributed by atoms with Crippen molar-refractivity contribution in [1.82, 2.24) is 15.0 Å². The molecule has 2 aromatic rings. The number of ether oxygens (including phenoxy) is 1. The van der Waals surface area contributed by atoms with Gasteiger partial charge in [-0.25, -0.2) is 0 Å². The smallest absolute Gasteiger partial charge is 0.240 e. The van der Waals surface area contributed by atoms with E-state index in [2.05, 4.69) is 27.2 Å². The molecule has 130 valence electrons. The van der Waals surface area contributed by atoms with Crippen molar-refractivity contribution >= 4 is 11.6 Å². The van der Waals surface area contributed by atoms with Gasteiger partial charge in [-0.3, -0.25) is 4.90 Å². The van der Waals surface area contributed by atoms with Crippen LogP contribution in [0.25, 0.3) is 0 Å². The molecule has 6 heteroatoms. The predicted molar refractivity (Wildman–Crippen MR) is 92.7 cm³/mol. The Balaban J connectivity index is 1.66. The van der Waals surface area contributed by atoms with Crippen LogP contribution in [0.3, 0.4) is 0 Å². The molecule has 1 unspecified atom stereocenters. The molecule has 0 saturated carbocycles. The van der Waals surface area contributed by atoms with Crippen LogP contribution in [0.15, 0.2) is 28.8 Å². The maximum atomic E-state index is 6.01. The van der Waals surface area contributed by atoms with E-state index in [0.29, 0.717) is 30.9 Å². The van der Waals surface area contributed by atoms with Crippen molar-refractivity contribution in [2.24, 2.45) is 0 Å². The van der Waals surface area contributed by atoms with Crippen molar-refractivity contribution in [3.8, 4) is 0 Å². The summed E-state index contributed by atoms with van der Waals surface area (Å²) in [7, 11) is 0. The highest BCUT2D eigenvalue weighted by Gasteiger charge is 2.25. The molecule has 0 bridgehead atoms. The highest BCUT2D eigenvalue weighted by atomic mass is 35.5. The van der Waals surface area contributed by atoms with Gasteiger partial charge in [-0.15, -0.1) is 0 Å². The molecule has 1 saturated heterocycles. The highest BCUT2D eigenvalue weighted by Crippen LogP contribution is 2.32. The Morgan fingerprint density at radius 3 is 2.83 bits per heavy atom. The van der Waals surface area contributed by atoms with Crippen LogP contribution in [0.1, 0.15) is 56.4 Å². The van der Waals surface area contributed by atoms with E-state index in [1.807, 2.05) is 26.0 Å². The van der Waals surface area contributed by atoms with Gasteiger partial charge in [0.15, 0.2) is 5.82 Å². The first-order chi connectivity index (χ1) is 11.6. The van der Waals surface area contributed by atoms with Crippen LogP contribution in [0.2, 0.25) is 5.02 Å². The number of rotatable bonds is 6. The van der Waals surface area contributed by atoms with Crippen LogP contribution >= 0.6 is 11.6 Å². The molecule has 5 nitrogen and oxygen atoms in total. The van der Waals surface area contributed by atoms with Gasteiger partial charge < -0.3 is 9.26 Å². The van der Waals surface area contributed by atoms with Gasteiger partial charge in [0, 0.05) is 11.1 Å². The quantitative estimate of drug-likeness (QED) is 0.774. The van der Waals surface area contributed by atoms with E-state index in [4.69, 9.17) is 20.9 Å². The molecule has 1 fully saturated rings. The Morgan fingerprint density at radius 1 is 1.29 bits per heavy atom. The molecule has 1 aliphatic rings. The average molecular weight is 350 g/mol. The first-order valence-corrected chi connectivity index (χ1v) is 8.92. The SMILES string of the molecule is CC(C)OCc1noc(CN2CCCCC2c2ccc(Cl)cc2)n1. The Morgan fingerprint density at radius 2 is 2.08 bits per heavy atom. The van der Waals surface area contributed by atoms with Crippen molar-refractivity contribution in [3.63, 3.8) is 0 Å². The molecule has 2 heterocycles. The first kappa shape index (κ1) is 17.4. The van der Waals surface area contributed by atoms with Gasteiger partial charge in [-0.2, -0.15) is 4.98 Å². The van der Waals surface area contributed by atoms with Crippen molar-refractivity contribution in [3.05, 3.63) is 46.6 Å². The van der Waals surface area contributed by atoms with Crippen molar-refractivity contribution in [1.29, 1.82) is 0 Å². The van der Waals surface area contributed by atoms with Gasteiger partial charge in [0.2, 0.25) is 5.89 Å². The number of hydrogen-bond acceptors (Lipinski definition) is 5. The second kappa shape index (κ2) is 8.10. The van der Waals surface area contributed by atoms with Crippen LogP contribution in [-0.4, -0.2) is 27.7 Å². The summed E-state index contributed by atoms with van der Waals surface area (Å²) in [5, 5.41) is 4.78. The van der Waals surface area contributed by atoms with Gasteiger partial charge >= 0.3 is 0 Å². The summed E-state index contributed by atoms with van der Waals surface area (Å²) in [6, 6.07) is 8.51. The zero-order chi connectivity index (χ0) is 16.9. The summed E-state index contributed by atoms with van der Waals surface area (Å²) in [5.41, 5.74) is 1.29. The second-order valence-corrected chi connectivity index (χ2v) is 6.93. The third-order valence-corrected chi connectivity index (χ3v) is 4.51. The molecule has 1 aromatic carbocycles. The zero-order valence-corrected chi connectivity index (χ0v) is 15.0. The highest BCUT2D eigenvalue weighted by molar-refractivity contribution is 6.30. The standard InChI is InChI=1S/C18H24ClN3O2/c1-13(2)23-12-17-20-18(24-21-17)11-22-10-4-3-5-16(22)14-6-8-15(19)9-7-14/h6-9,13,16H,3-5,10-12H2,1-2H3. The summed E-state index contributed by atoms with van der Waals surface area (Å²) in [4.78, 5) is 6.86. The predicted octanol–water partition coefficient (Wildman–Crippen LogP) is 4.38. The number of likely N-dealkylation sites (tertiary alicyclic amines) is 1. The minimum atomic E-state index is 0.156. The van der Waals surface area contributed by atoms with Crippen LogP contribution in [-0.2, 0) is 17.9 Å². The number of nitrogens with zero attached hydrogens (tertiary/aromatic N) is 3. The van der Waals surface area contributed by atoms with Gasteiger partial charge in [0.1, 0.15) is 6.61 Å². The lowest BCUT2D eigenvalue weighted by atomic mass is 9.95. The van der Waals surface area contributed by atoms with E-state index < -0.39 is 0 Å². The molecule has 0 radical (unpaired) electrons. The Kier molecular flexibility index (Phi) is 5.87. The summed E-state index contributed by atoms with van der Waals surface area (Å²) in [6.45, 7) is 6.08. The van der Waals surface area contributed by atoms with E-state index in [-0.39, 0.29) is 6.10 Å². The third kappa shape index (κ3) is 4.56. The average Bonchev–Trinajstić information content (AvgIpc) is 3.02. The Bertz CT molecular complexity index is 642. The topological polar surface area (TPSA) is 51.4 Å². The molecule has 1 aliphatic heterocycles. The minimum absolute atomic E-state index is 0.156. The van der Waals surface area contributed by atoms with Crippen LogP contribution in [0.4, 0.5) is 0 Å². The molecule has 1 aromatic heterocycles. The molecule has 0 amide bonds. The summed E-state index contributed by atoms with van der Waals surface area (Å²) in [6.07, 6.45) is 3.73. The molecule has 1 atom stereocenters. The molecular weight excluding hydrogens is 326 g/mol.